The molecule has 0 atom stereocenters. The molecule has 0 bridgehead atoms. The Morgan fingerprint density at radius 3 is 1.58 bits per heavy atom. The predicted molar refractivity (Wildman–Crippen MR) is 83.9 cm³/mol. The van der Waals surface area contributed by atoms with Gasteiger partial charge in [0.2, 0.25) is 0 Å². The number of allylic oxidation sites excluding steroid dienone is 1. The van der Waals surface area contributed by atoms with Crippen molar-refractivity contribution >= 4 is 0 Å². The molecule has 116 valence electrons. The van der Waals surface area contributed by atoms with Gasteiger partial charge in [-0.15, -0.1) is 6.58 Å². The average molecular weight is 334 g/mol. The van der Waals surface area contributed by atoms with Gasteiger partial charge in [0, 0.05) is 0 Å². The van der Waals surface area contributed by atoms with Crippen LogP contribution in [0.5, 0.6) is 0 Å². The minimum atomic E-state index is 0. The van der Waals surface area contributed by atoms with E-state index < -0.39 is 0 Å². The smallest absolute Gasteiger partial charge is 0.0786 e. The Morgan fingerprint density at radius 1 is 0.737 bits per heavy atom. The van der Waals surface area contributed by atoms with E-state index in [1.807, 2.05) is 6.08 Å². The molecule has 1 nitrogen and oxygen atoms in total. The number of quaternary nitrogens is 1. The van der Waals surface area contributed by atoms with Gasteiger partial charge in [0.15, 0.2) is 0 Å². The zero-order valence-corrected chi connectivity index (χ0v) is 15.2. The van der Waals surface area contributed by atoms with Crippen molar-refractivity contribution < 1.29 is 21.5 Å². The summed E-state index contributed by atoms with van der Waals surface area (Å²) < 4.78 is 1.32. The van der Waals surface area contributed by atoms with Gasteiger partial charge < -0.3 is 21.5 Å². The Balaban J connectivity index is 0. The first-order chi connectivity index (χ1) is 8.74. The molecule has 0 radical (unpaired) electrons. The fourth-order valence-corrected chi connectivity index (χ4v) is 2.76. The van der Waals surface area contributed by atoms with Crippen LogP contribution in [0.2, 0.25) is 0 Å². The Morgan fingerprint density at radius 2 is 1.16 bits per heavy atom. The van der Waals surface area contributed by atoms with Crippen molar-refractivity contribution in [2.75, 3.05) is 26.2 Å². The highest BCUT2D eigenvalue weighted by molar-refractivity contribution is 4.65. The van der Waals surface area contributed by atoms with Gasteiger partial charge in [-0.05, 0) is 46.5 Å². The van der Waals surface area contributed by atoms with Crippen LogP contribution in [0.15, 0.2) is 12.7 Å². The molecule has 0 aliphatic carbocycles. The molecule has 0 aliphatic rings. The van der Waals surface area contributed by atoms with E-state index >= 15 is 0 Å². The van der Waals surface area contributed by atoms with Gasteiger partial charge >= 0.3 is 0 Å². The first-order valence-corrected chi connectivity index (χ1v) is 8.20. The quantitative estimate of drug-likeness (QED) is 0.275. The molecule has 0 N–H and O–H groups in total. The summed E-state index contributed by atoms with van der Waals surface area (Å²) in [5, 5.41) is 0. The summed E-state index contributed by atoms with van der Waals surface area (Å²) in [6.45, 7) is 16.1. The standard InChI is InChI=1S/C17H36N.BrH/c1-5-9-10-11-12-13-14-15-16-17-18(6-2,7-3)8-4;/h5H,1,6-17H2,2-4H3;1H/q+1;/p-1. The van der Waals surface area contributed by atoms with Crippen LogP contribution in [0.4, 0.5) is 0 Å². The Bertz CT molecular complexity index is 179. The van der Waals surface area contributed by atoms with E-state index in [1.54, 1.807) is 0 Å². The monoisotopic (exact) mass is 333 g/mol. The lowest BCUT2D eigenvalue weighted by molar-refractivity contribution is -0.923. The molecule has 0 rings (SSSR count). The average Bonchev–Trinajstić information content (AvgIpc) is 2.42. The SMILES string of the molecule is C=CCCCCCCCCC[N+](CC)(CC)CC.[Br-]. The first kappa shape index (κ1) is 21.5. The Labute approximate surface area is 132 Å². The van der Waals surface area contributed by atoms with Crippen molar-refractivity contribution in [3.05, 3.63) is 12.7 Å². The Kier molecular flexibility index (Phi) is 16.5. The van der Waals surface area contributed by atoms with Gasteiger partial charge in [0.05, 0.1) is 26.2 Å². The maximum Gasteiger partial charge on any atom is 0.0786 e. The minimum absolute atomic E-state index is 0. The van der Waals surface area contributed by atoms with E-state index in [2.05, 4.69) is 27.4 Å². The zero-order chi connectivity index (χ0) is 13.7. The summed E-state index contributed by atoms with van der Waals surface area (Å²) in [6.07, 6.45) is 13.1. The van der Waals surface area contributed by atoms with Gasteiger partial charge in [-0.2, -0.15) is 0 Å². The zero-order valence-electron chi connectivity index (χ0n) is 13.6. The fraction of sp³-hybridized carbons (Fsp3) is 0.882. The third-order valence-corrected chi connectivity index (χ3v) is 4.55. The molecular formula is C17H36BrN. The Hall–Kier alpha value is 0.180. The second kappa shape index (κ2) is 14.6. The maximum absolute atomic E-state index is 3.76. The number of hydrogen-bond acceptors (Lipinski definition) is 0. The fourth-order valence-electron chi connectivity index (χ4n) is 2.76. The topological polar surface area (TPSA) is 0 Å². The predicted octanol–water partition coefficient (Wildman–Crippen LogP) is 2.17. The van der Waals surface area contributed by atoms with Crippen LogP contribution in [0.1, 0.15) is 72.1 Å². The van der Waals surface area contributed by atoms with Gasteiger partial charge in [-0.3, -0.25) is 0 Å². The number of unbranched alkanes of at least 4 members (excludes halogenated alkanes) is 7. The van der Waals surface area contributed by atoms with Crippen LogP contribution in [-0.4, -0.2) is 30.7 Å². The van der Waals surface area contributed by atoms with E-state index in [0.717, 1.165) is 0 Å². The highest BCUT2D eigenvalue weighted by Gasteiger charge is 2.19. The summed E-state index contributed by atoms with van der Waals surface area (Å²) in [6, 6.07) is 0. The van der Waals surface area contributed by atoms with Crippen molar-refractivity contribution in [1.82, 2.24) is 0 Å². The summed E-state index contributed by atoms with van der Waals surface area (Å²) in [5.41, 5.74) is 0. The lowest BCUT2D eigenvalue weighted by Crippen LogP contribution is -3.00. The van der Waals surface area contributed by atoms with E-state index in [4.69, 9.17) is 0 Å². The van der Waals surface area contributed by atoms with Crippen LogP contribution in [-0.2, 0) is 0 Å². The second-order valence-corrected chi connectivity index (χ2v) is 5.57. The van der Waals surface area contributed by atoms with E-state index in [0.29, 0.717) is 0 Å². The van der Waals surface area contributed by atoms with Crippen LogP contribution in [0.3, 0.4) is 0 Å². The third-order valence-electron chi connectivity index (χ3n) is 4.55. The summed E-state index contributed by atoms with van der Waals surface area (Å²) in [5.74, 6) is 0. The number of nitrogens with zero attached hydrogens (tertiary/aromatic N) is 1. The molecule has 0 amide bonds. The van der Waals surface area contributed by atoms with Crippen molar-refractivity contribution in [1.29, 1.82) is 0 Å². The number of halogens is 1. The first-order valence-electron chi connectivity index (χ1n) is 8.20. The van der Waals surface area contributed by atoms with E-state index in [1.165, 1.54) is 82.0 Å². The molecule has 2 heteroatoms. The van der Waals surface area contributed by atoms with Crippen molar-refractivity contribution in [3.8, 4) is 0 Å². The molecule has 0 unspecified atom stereocenters. The molecule has 0 saturated heterocycles. The second-order valence-electron chi connectivity index (χ2n) is 5.57. The molecular weight excluding hydrogens is 298 g/mol. The van der Waals surface area contributed by atoms with Gasteiger partial charge in [-0.1, -0.05) is 31.8 Å². The van der Waals surface area contributed by atoms with E-state index in [-0.39, 0.29) is 17.0 Å². The lowest BCUT2D eigenvalue weighted by Gasteiger charge is -2.35. The maximum atomic E-state index is 3.76. The van der Waals surface area contributed by atoms with Crippen molar-refractivity contribution in [3.63, 3.8) is 0 Å². The summed E-state index contributed by atoms with van der Waals surface area (Å²) in [4.78, 5) is 0. The highest BCUT2D eigenvalue weighted by atomic mass is 79.9. The van der Waals surface area contributed by atoms with Crippen LogP contribution in [0, 0.1) is 0 Å². The highest BCUT2D eigenvalue weighted by Crippen LogP contribution is 2.12. The largest absolute Gasteiger partial charge is 1.00 e. The third kappa shape index (κ3) is 10.6. The number of rotatable bonds is 13. The lowest BCUT2D eigenvalue weighted by atomic mass is 10.1. The van der Waals surface area contributed by atoms with Crippen molar-refractivity contribution in [2.45, 2.75) is 72.1 Å². The van der Waals surface area contributed by atoms with Crippen LogP contribution in [0.25, 0.3) is 0 Å². The molecule has 0 aromatic rings. The molecule has 0 aromatic heterocycles. The number of hydrogen-bond donors (Lipinski definition) is 0. The molecule has 19 heavy (non-hydrogen) atoms. The molecule has 0 aliphatic heterocycles. The van der Waals surface area contributed by atoms with Crippen LogP contribution >= 0.6 is 0 Å². The normalized spacial score (nSPS) is 11.1. The minimum Gasteiger partial charge on any atom is -1.00 e. The summed E-state index contributed by atoms with van der Waals surface area (Å²) >= 11 is 0. The van der Waals surface area contributed by atoms with Gasteiger partial charge in [-0.25, -0.2) is 0 Å². The summed E-state index contributed by atoms with van der Waals surface area (Å²) in [7, 11) is 0. The van der Waals surface area contributed by atoms with Crippen molar-refractivity contribution in [2.24, 2.45) is 0 Å². The van der Waals surface area contributed by atoms with E-state index in [9.17, 15) is 0 Å². The van der Waals surface area contributed by atoms with Crippen LogP contribution < -0.4 is 17.0 Å². The molecule has 0 fully saturated rings. The van der Waals surface area contributed by atoms with Gasteiger partial charge in [0.25, 0.3) is 0 Å². The molecule has 0 saturated carbocycles. The molecule has 0 spiro atoms. The van der Waals surface area contributed by atoms with Gasteiger partial charge in [0.1, 0.15) is 0 Å². The molecule has 0 aromatic carbocycles. The molecule has 0 heterocycles.